The zero-order valence-corrected chi connectivity index (χ0v) is 10.3. The maximum absolute atomic E-state index is 11.1. The fourth-order valence-corrected chi connectivity index (χ4v) is 3.12. The van der Waals surface area contributed by atoms with Crippen molar-refractivity contribution in [1.82, 2.24) is 4.98 Å². The maximum atomic E-state index is 11.1. The summed E-state index contributed by atoms with van der Waals surface area (Å²) in [5, 5.41) is 16.4. The topological polar surface area (TPSA) is 93.3 Å². The summed E-state index contributed by atoms with van der Waals surface area (Å²) in [6.07, 6.45) is 0.629. The number of aliphatic hydroxyl groups excluding tert-OH is 1. The molecular formula is C10H10N2O3S2. The van der Waals surface area contributed by atoms with Gasteiger partial charge < -0.3 is 5.11 Å². The lowest BCUT2D eigenvalue weighted by molar-refractivity contribution is 0.219. The molecule has 0 aliphatic heterocycles. The van der Waals surface area contributed by atoms with E-state index in [1.807, 2.05) is 0 Å². The van der Waals surface area contributed by atoms with E-state index in [0.717, 1.165) is 11.3 Å². The monoisotopic (exact) mass is 270 g/mol. The molecule has 7 heteroatoms. The van der Waals surface area contributed by atoms with Gasteiger partial charge in [-0.1, -0.05) is 6.07 Å². The van der Waals surface area contributed by atoms with Crippen LogP contribution in [0.1, 0.15) is 16.7 Å². The third kappa shape index (κ3) is 2.70. The number of rotatable bonds is 3. The fourth-order valence-electron chi connectivity index (χ4n) is 1.31. The minimum atomic E-state index is -3.72. The molecule has 0 radical (unpaired) electrons. The number of pyridine rings is 1. The summed E-state index contributed by atoms with van der Waals surface area (Å²) in [4.78, 5) is 4.50. The number of nitrogens with two attached hydrogens (primary N) is 1. The smallest absolute Gasteiger partial charge is 0.238 e. The zero-order valence-electron chi connectivity index (χ0n) is 8.65. The highest BCUT2D eigenvalue weighted by atomic mass is 32.2. The first-order valence-electron chi connectivity index (χ1n) is 4.69. The van der Waals surface area contributed by atoms with Crippen molar-refractivity contribution in [2.45, 2.75) is 11.0 Å². The number of sulfonamides is 1. The van der Waals surface area contributed by atoms with Gasteiger partial charge in [-0.25, -0.2) is 13.6 Å². The third-order valence-corrected chi connectivity index (χ3v) is 4.19. The van der Waals surface area contributed by atoms with Crippen molar-refractivity contribution in [2.24, 2.45) is 5.14 Å². The van der Waals surface area contributed by atoms with Crippen molar-refractivity contribution in [3.63, 3.8) is 0 Å². The molecule has 1 unspecified atom stereocenters. The third-order valence-electron chi connectivity index (χ3n) is 2.16. The van der Waals surface area contributed by atoms with E-state index in [2.05, 4.69) is 4.98 Å². The molecule has 2 aromatic heterocycles. The van der Waals surface area contributed by atoms with Gasteiger partial charge in [-0.3, -0.25) is 4.98 Å². The lowest BCUT2D eigenvalue weighted by Gasteiger charge is -2.06. The largest absolute Gasteiger partial charge is 0.381 e. The van der Waals surface area contributed by atoms with Crippen LogP contribution < -0.4 is 5.14 Å². The summed E-state index contributed by atoms with van der Waals surface area (Å²) < 4.78 is 22.2. The molecule has 0 aromatic carbocycles. The number of hydrogen-bond donors (Lipinski definition) is 2. The van der Waals surface area contributed by atoms with Gasteiger partial charge in [0.25, 0.3) is 0 Å². The summed E-state index contributed by atoms with van der Waals surface area (Å²) in [6.45, 7) is 0. The molecule has 90 valence electrons. The molecule has 0 amide bonds. The summed E-state index contributed by atoms with van der Waals surface area (Å²) in [5.41, 5.74) is 0.468. The highest BCUT2D eigenvalue weighted by Crippen LogP contribution is 2.27. The number of aliphatic hydroxyl groups is 1. The van der Waals surface area contributed by atoms with Gasteiger partial charge in [0.1, 0.15) is 6.10 Å². The molecule has 17 heavy (non-hydrogen) atoms. The Labute approximate surface area is 103 Å². The first kappa shape index (κ1) is 12.2. The number of hydrogen-bond acceptors (Lipinski definition) is 5. The number of aromatic nitrogens is 1. The van der Waals surface area contributed by atoms with Crippen LogP contribution in [0.2, 0.25) is 0 Å². The first-order chi connectivity index (χ1) is 7.98. The van der Waals surface area contributed by atoms with Gasteiger partial charge in [0, 0.05) is 16.5 Å². The molecule has 2 heterocycles. The van der Waals surface area contributed by atoms with Crippen LogP contribution in [0.3, 0.4) is 0 Å². The molecule has 0 saturated carbocycles. The Morgan fingerprint density at radius 1 is 1.41 bits per heavy atom. The van der Waals surface area contributed by atoms with Gasteiger partial charge in [-0.05, 0) is 18.2 Å². The molecule has 0 aliphatic carbocycles. The average Bonchev–Trinajstić information content (AvgIpc) is 2.78. The number of primary sulfonamides is 1. The van der Waals surface area contributed by atoms with E-state index in [1.165, 1.54) is 11.4 Å². The molecule has 3 N–H and O–H groups in total. The van der Waals surface area contributed by atoms with Gasteiger partial charge in [0.05, 0.1) is 10.6 Å². The van der Waals surface area contributed by atoms with Gasteiger partial charge in [-0.2, -0.15) is 0 Å². The fraction of sp³-hybridized carbons (Fsp3) is 0.100. The Kier molecular flexibility index (Phi) is 3.25. The zero-order chi connectivity index (χ0) is 12.5. The van der Waals surface area contributed by atoms with Gasteiger partial charge in [0.2, 0.25) is 10.0 Å². The van der Waals surface area contributed by atoms with E-state index >= 15 is 0 Å². The van der Waals surface area contributed by atoms with E-state index in [9.17, 15) is 13.5 Å². The predicted octanol–water partition coefficient (Wildman–Crippen LogP) is 0.872. The van der Waals surface area contributed by atoms with E-state index in [1.54, 1.807) is 24.4 Å². The standard InChI is InChI=1S/C10H10N2O3S2/c11-17(14,15)7-5-9(16-6-7)10(13)8-3-1-2-4-12-8/h1-6,10,13H,(H2,11,14,15). The van der Waals surface area contributed by atoms with Crippen LogP contribution in [0, 0.1) is 0 Å². The van der Waals surface area contributed by atoms with E-state index in [4.69, 9.17) is 5.14 Å². The van der Waals surface area contributed by atoms with Crippen molar-refractivity contribution < 1.29 is 13.5 Å². The minimum absolute atomic E-state index is 0.00693. The highest BCUT2D eigenvalue weighted by molar-refractivity contribution is 7.89. The van der Waals surface area contributed by atoms with Crippen LogP contribution in [0.4, 0.5) is 0 Å². The van der Waals surface area contributed by atoms with E-state index in [-0.39, 0.29) is 4.90 Å². The minimum Gasteiger partial charge on any atom is -0.381 e. The van der Waals surface area contributed by atoms with Crippen molar-refractivity contribution in [3.05, 3.63) is 46.4 Å². The highest BCUT2D eigenvalue weighted by Gasteiger charge is 2.17. The van der Waals surface area contributed by atoms with Crippen LogP contribution in [0.5, 0.6) is 0 Å². The average molecular weight is 270 g/mol. The molecular weight excluding hydrogens is 260 g/mol. The number of thiophene rings is 1. The molecule has 2 aromatic rings. The lowest BCUT2D eigenvalue weighted by Crippen LogP contribution is -2.11. The molecule has 2 rings (SSSR count). The van der Waals surface area contributed by atoms with Gasteiger partial charge in [0.15, 0.2) is 0 Å². The first-order valence-corrected chi connectivity index (χ1v) is 7.11. The molecule has 0 saturated heterocycles. The van der Waals surface area contributed by atoms with Gasteiger partial charge >= 0.3 is 0 Å². The SMILES string of the molecule is NS(=O)(=O)c1csc(C(O)c2ccccn2)c1. The molecule has 5 nitrogen and oxygen atoms in total. The summed E-state index contributed by atoms with van der Waals surface area (Å²) in [7, 11) is -3.72. The van der Waals surface area contributed by atoms with E-state index < -0.39 is 16.1 Å². The van der Waals surface area contributed by atoms with Crippen LogP contribution in [0.25, 0.3) is 0 Å². The van der Waals surface area contributed by atoms with Crippen LogP contribution in [0.15, 0.2) is 40.7 Å². The number of nitrogens with zero attached hydrogens (tertiary/aromatic N) is 1. The van der Waals surface area contributed by atoms with Crippen LogP contribution in [-0.2, 0) is 10.0 Å². The maximum Gasteiger partial charge on any atom is 0.238 e. The Hall–Kier alpha value is -1.28. The predicted molar refractivity (Wildman–Crippen MR) is 64.0 cm³/mol. The Morgan fingerprint density at radius 2 is 2.18 bits per heavy atom. The summed E-state index contributed by atoms with van der Waals surface area (Å²) in [5.74, 6) is 0. The van der Waals surface area contributed by atoms with Crippen molar-refractivity contribution >= 4 is 21.4 Å². The Balaban J connectivity index is 2.33. The van der Waals surface area contributed by atoms with Crippen molar-refractivity contribution in [1.29, 1.82) is 0 Å². The summed E-state index contributed by atoms with van der Waals surface area (Å²) >= 11 is 1.13. The molecule has 1 atom stereocenters. The molecule has 0 fully saturated rings. The molecule has 0 spiro atoms. The molecule has 0 aliphatic rings. The van der Waals surface area contributed by atoms with Crippen molar-refractivity contribution in [2.75, 3.05) is 0 Å². The normalized spacial score (nSPS) is 13.5. The Morgan fingerprint density at radius 3 is 2.71 bits per heavy atom. The molecule has 0 bridgehead atoms. The van der Waals surface area contributed by atoms with Crippen molar-refractivity contribution in [3.8, 4) is 0 Å². The second-order valence-electron chi connectivity index (χ2n) is 3.39. The van der Waals surface area contributed by atoms with Gasteiger partial charge in [-0.15, -0.1) is 11.3 Å². The van der Waals surface area contributed by atoms with Crippen LogP contribution in [-0.4, -0.2) is 18.5 Å². The Bertz CT molecular complexity index is 607. The van der Waals surface area contributed by atoms with Crippen LogP contribution >= 0.6 is 11.3 Å². The second-order valence-corrected chi connectivity index (χ2v) is 5.89. The summed E-state index contributed by atoms with van der Waals surface area (Å²) in [6, 6.07) is 6.51. The lowest BCUT2D eigenvalue weighted by atomic mass is 10.2. The second kappa shape index (κ2) is 4.53. The quantitative estimate of drug-likeness (QED) is 0.865. The van der Waals surface area contributed by atoms with E-state index in [0.29, 0.717) is 10.6 Å².